The molecule has 108 valence electrons. The second kappa shape index (κ2) is 4.88. The van der Waals surface area contributed by atoms with Gasteiger partial charge in [0, 0.05) is 17.3 Å². The molecule has 1 N–H and O–H groups in total. The van der Waals surface area contributed by atoms with Crippen LogP contribution < -0.4 is 5.32 Å². The van der Waals surface area contributed by atoms with Gasteiger partial charge in [0.15, 0.2) is 0 Å². The third-order valence-electron chi connectivity index (χ3n) is 4.42. The Kier molecular flexibility index (Phi) is 3.32. The van der Waals surface area contributed by atoms with E-state index in [0.717, 1.165) is 19.3 Å². The molecule has 4 nitrogen and oxygen atoms in total. The SMILES string of the molecule is CC(Cc1cccs1)N1CC(=O)NC(C)(C2CC2)C1=O. The monoisotopic (exact) mass is 292 g/mol. The average molecular weight is 292 g/mol. The maximum atomic E-state index is 12.8. The van der Waals surface area contributed by atoms with Gasteiger partial charge in [-0.3, -0.25) is 9.59 Å². The number of carbonyl (C=O) groups excluding carboxylic acids is 2. The fourth-order valence-electron chi connectivity index (χ4n) is 3.03. The number of hydrogen-bond donors (Lipinski definition) is 1. The predicted octanol–water partition coefficient (Wildman–Crippen LogP) is 1.81. The van der Waals surface area contributed by atoms with Crippen LogP contribution in [0.1, 0.15) is 31.6 Å². The minimum absolute atomic E-state index is 0.0305. The number of amides is 2. The van der Waals surface area contributed by atoms with E-state index in [1.54, 1.807) is 16.2 Å². The van der Waals surface area contributed by atoms with Crippen LogP contribution in [0.5, 0.6) is 0 Å². The summed E-state index contributed by atoms with van der Waals surface area (Å²) >= 11 is 1.70. The topological polar surface area (TPSA) is 49.4 Å². The molecular formula is C15H20N2O2S. The van der Waals surface area contributed by atoms with E-state index >= 15 is 0 Å². The van der Waals surface area contributed by atoms with Crippen molar-refractivity contribution in [1.29, 1.82) is 0 Å². The number of carbonyl (C=O) groups is 2. The second-order valence-corrected chi connectivity index (χ2v) is 7.12. The highest BCUT2D eigenvalue weighted by molar-refractivity contribution is 7.09. The Morgan fingerprint density at radius 3 is 2.85 bits per heavy atom. The van der Waals surface area contributed by atoms with Crippen molar-refractivity contribution in [3.8, 4) is 0 Å². The Hall–Kier alpha value is -1.36. The first kappa shape index (κ1) is 13.6. The number of thiophene rings is 1. The first-order valence-corrected chi connectivity index (χ1v) is 8.03. The van der Waals surface area contributed by atoms with Gasteiger partial charge in [-0.1, -0.05) is 6.07 Å². The first-order valence-electron chi connectivity index (χ1n) is 7.15. The van der Waals surface area contributed by atoms with Gasteiger partial charge in [-0.2, -0.15) is 0 Å². The summed E-state index contributed by atoms with van der Waals surface area (Å²) in [7, 11) is 0. The van der Waals surface area contributed by atoms with E-state index in [4.69, 9.17) is 0 Å². The number of nitrogens with one attached hydrogen (secondary N) is 1. The molecule has 1 saturated carbocycles. The van der Waals surface area contributed by atoms with Crippen molar-refractivity contribution in [2.45, 2.75) is 44.7 Å². The minimum atomic E-state index is -0.682. The summed E-state index contributed by atoms with van der Waals surface area (Å²) in [5.41, 5.74) is -0.682. The molecule has 2 heterocycles. The van der Waals surface area contributed by atoms with Crippen molar-refractivity contribution < 1.29 is 9.59 Å². The van der Waals surface area contributed by atoms with Crippen molar-refractivity contribution in [2.24, 2.45) is 5.92 Å². The Morgan fingerprint density at radius 2 is 2.25 bits per heavy atom. The van der Waals surface area contributed by atoms with Gasteiger partial charge >= 0.3 is 0 Å². The molecule has 2 aliphatic rings. The van der Waals surface area contributed by atoms with Crippen LogP contribution >= 0.6 is 11.3 Å². The van der Waals surface area contributed by atoms with Gasteiger partial charge < -0.3 is 10.2 Å². The molecule has 2 amide bonds. The molecule has 2 fully saturated rings. The maximum absolute atomic E-state index is 12.8. The first-order chi connectivity index (χ1) is 9.50. The molecule has 1 aromatic heterocycles. The van der Waals surface area contributed by atoms with E-state index in [1.165, 1.54) is 4.88 Å². The zero-order chi connectivity index (χ0) is 14.3. The summed E-state index contributed by atoms with van der Waals surface area (Å²) in [6.45, 7) is 4.10. The molecule has 0 bridgehead atoms. The molecule has 0 radical (unpaired) electrons. The van der Waals surface area contributed by atoms with Crippen molar-refractivity contribution in [3.05, 3.63) is 22.4 Å². The minimum Gasteiger partial charge on any atom is -0.340 e. The fraction of sp³-hybridized carbons (Fsp3) is 0.600. The predicted molar refractivity (Wildman–Crippen MR) is 78.5 cm³/mol. The molecule has 1 aliphatic carbocycles. The summed E-state index contributed by atoms with van der Waals surface area (Å²) in [5.74, 6) is 0.372. The summed E-state index contributed by atoms with van der Waals surface area (Å²) < 4.78 is 0. The molecule has 1 saturated heterocycles. The van der Waals surface area contributed by atoms with Crippen LogP contribution in [0.15, 0.2) is 17.5 Å². The molecule has 3 rings (SSSR count). The third kappa shape index (κ3) is 2.35. The quantitative estimate of drug-likeness (QED) is 0.920. The summed E-state index contributed by atoms with van der Waals surface area (Å²) in [4.78, 5) is 27.7. The van der Waals surface area contributed by atoms with Crippen molar-refractivity contribution in [2.75, 3.05) is 6.54 Å². The van der Waals surface area contributed by atoms with Gasteiger partial charge in [0.05, 0.1) is 6.54 Å². The van der Waals surface area contributed by atoms with Crippen LogP contribution in [0.2, 0.25) is 0 Å². The molecule has 2 atom stereocenters. The van der Waals surface area contributed by atoms with Crippen LogP contribution in [0.4, 0.5) is 0 Å². The summed E-state index contributed by atoms with van der Waals surface area (Å²) in [5, 5.41) is 4.96. The van der Waals surface area contributed by atoms with Gasteiger partial charge in [-0.05, 0) is 44.1 Å². The molecule has 20 heavy (non-hydrogen) atoms. The fourth-order valence-corrected chi connectivity index (χ4v) is 3.86. The maximum Gasteiger partial charge on any atom is 0.249 e. The van der Waals surface area contributed by atoms with Gasteiger partial charge in [-0.25, -0.2) is 0 Å². The van der Waals surface area contributed by atoms with Crippen LogP contribution in [0.3, 0.4) is 0 Å². The number of piperazine rings is 1. The lowest BCUT2D eigenvalue weighted by molar-refractivity contribution is -0.152. The largest absolute Gasteiger partial charge is 0.340 e. The van der Waals surface area contributed by atoms with E-state index in [9.17, 15) is 9.59 Å². The second-order valence-electron chi connectivity index (χ2n) is 6.09. The highest BCUT2D eigenvalue weighted by Crippen LogP contribution is 2.41. The third-order valence-corrected chi connectivity index (χ3v) is 5.32. The summed E-state index contributed by atoms with van der Waals surface area (Å²) in [6, 6.07) is 4.16. The van der Waals surface area contributed by atoms with Gasteiger partial charge in [0.2, 0.25) is 11.8 Å². The molecule has 5 heteroatoms. The van der Waals surface area contributed by atoms with Crippen molar-refractivity contribution in [1.82, 2.24) is 10.2 Å². The summed E-state index contributed by atoms with van der Waals surface area (Å²) in [6.07, 6.45) is 2.89. The van der Waals surface area contributed by atoms with Crippen molar-refractivity contribution in [3.63, 3.8) is 0 Å². The Bertz CT molecular complexity index is 524. The molecule has 1 aliphatic heterocycles. The number of hydrogen-bond acceptors (Lipinski definition) is 3. The van der Waals surface area contributed by atoms with Gasteiger partial charge in [0.1, 0.15) is 5.54 Å². The molecule has 0 spiro atoms. The van der Waals surface area contributed by atoms with Crippen molar-refractivity contribution >= 4 is 23.2 Å². The lowest BCUT2D eigenvalue weighted by atomic mass is 9.90. The number of nitrogens with zero attached hydrogens (tertiary/aromatic N) is 1. The van der Waals surface area contributed by atoms with E-state index in [-0.39, 0.29) is 24.4 Å². The highest BCUT2D eigenvalue weighted by Gasteiger charge is 2.53. The zero-order valence-corrected chi connectivity index (χ0v) is 12.7. The lowest BCUT2D eigenvalue weighted by Gasteiger charge is -2.42. The van der Waals surface area contributed by atoms with Crippen LogP contribution in [-0.4, -0.2) is 34.8 Å². The Morgan fingerprint density at radius 1 is 1.50 bits per heavy atom. The normalized spacial score (nSPS) is 28.4. The van der Waals surface area contributed by atoms with Crippen LogP contribution in [0.25, 0.3) is 0 Å². The molecular weight excluding hydrogens is 272 g/mol. The standard InChI is InChI=1S/C15H20N2O2S/c1-10(8-12-4-3-7-20-12)17-9-13(18)16-15(2,14(17)19)11-5-6-11/h3-4,7,10-11H,5-6,8-9H2,1-2H3,(H,16,18). The lowest BCUT2D eigenvalue weighted by Crippen LogP contribution is -2.68. The van der Waals surface area contributed by atoms with E-state index < -0.39 is 5.54 Å². The molecule has 1 aromatic rings. The van der Waals surface area contributed by atoms with E-state index in [1.807, 2.05) is 25.3 Å². The van der Waals surface area contributed by atoms with E-state index in [0.29, 0.717) is 5.92 Å². The van der Waals surface area contributed by atoms with Crippen LogP contribution in [0, 0.1) is 5.92 Å². The van der Waals surface area contributed by atoms with E-state index in [2.05, 4.69) is 11.4 Å². The van der Waals surface area contributed by atoms with Crippen LogP contribution in [-0.2, 0) is 16.0 Å². The molecule has 2 unspecified atom stereocenters. The smallest absolute Gasteiger partial charge is 0.249 e. The van der Waals surface area contributed by atoms with Gasteiger partial charge in [-0.15, -0.1) is 11.3 Å². The highest BCUT2D eigenvalue weighted by atomic mass is 32.1. The average Bonchev–Trinajstić information content (AvgIpc) is 3.14. The van der Waals surface area contributed by atoms with Gasteiger partial charge in [0.25, 0.3) is 0 Å². The zero-order valence-electron chi connectivity index (χ0n) is 11.9. The number of rotatable bonds is 4. The Balaban J connectivity index is 1.77. The Labute approximate surface area is 123 Å². The molecule has 0 aromatic carbocycles.